The van der Waals surface area contributed by atoms with Crippen LogP contribution >= 0.6 is 39.1 Å². The Hall–Kier alpha value is -2.14. The van der Waals surface area contributed by atoms with Crippen LogP contribution in [0.15, 0.2) is 70.1 Å². The van der Waals surface area contributed by atoms with Gasteiger partial charge in [0.15, 0.2) is 0 Å². The van der Waals surface area contributed by atoms with E-state index in [1.807, 2.05) is 25.1 Å². The van der Waals surface area contributed by atoms with E-state index in [4.69, 9.17) is 27.9 Å². The first-order valence-corrected chi connectivity index (χ1v) is 9.55. The highest BCUT2D eigenvalue weighted by molar-refractivity contribution is 9.10. The van der Waals surface area contributed by atoms with E-state index in [2.05, 4.69) is 20.9 Å². The molecule has 0 aromatic heterocycles. The number of aryl methyl sites for hydroxylation is 1. The molecule has 0 heterocycles. The highest BCUT2D eigenvalue weighted by atomic mass is 79.9. The summed E-state index contributed by atoms with van der Waals surface area (Å²) < 4.78 is 6.40. The number of carbonyl (C=O) groups excluding carboxylic acids is 1. The van der Waals surface area contributed by atoms with Crippen LogP contribution in [0.2, 0.25) is 10.0 Å². The highest BCUT2D eigenvalue weighted by Crippen LogP contribution is 2.28. The van der Waals surface area contributed by atoms with E-state index in [-0.39, 0.29) is 0 Å². The number of nitrogens with zero attached hydrogens (tertiary/aromatic N) is 1. The van der Waals surface area contributed by atoms with E-state index in [0.717, 1.165) is 10.0 Å². The summed E-state index contributed by atoms with van der Waals surface area (Å²) in [6.45, 7) is 1.96. The lowest BCUT2D eigenvalue weighted by molar-refractivity contribution is 0.0734. The predicted octanol–water partition coefficient (Wildman–Crippen LogP) is 7.03. The summed E-state index contributed by atoms with van der Waals surface area (Å²) >= 11 is 15.4. The number of halogens is 3. The lowest BCUT2D eigenvalue weighted by Gasteiger charge is -2.08. The Labute approximate surface area is 175 Å². The number of aliphatic imine (C=N–C) groups is 1. The Balaban J connectivity index is 1.86. The van der Waals surface area contributed by atoms with Gasteiger partial charge in [-0.15, -0.1) is 0 Å². The van der Waals surface area contributed by atoms with E-state index in [9.17, 15) is 4.79 Å². The van der Waals surface area contributed by atoms with Crippen molar-refractivity contribution in [2.45, 2.75) is 6.92 Å². The van der Waals surface area contributed by atoms with Crippen molar-refractivity contribution in [1.29, 1.82) is 0 Å². The zero-order valence-electron chi connectivity index (χ0n) is 14.2. The maximum absolute atomic E-state index is 12.4. The maximum atomic E-state index is 12.4. The first-order valence-electron chi connectivity index (χ1n) is 8.00. The molecule has 0 atom stereocenters. The fourth-order valence-corrected chi connectivity index (χ4v) is 2.94. The van der Waals surface area contributed by atoms with Gasteiger partial charge >= 0.3 is 5.97 Å². The van der Waals surface area contributed by atoms with Crippen molar-refractivity contribution in [3.05, 3.63) is 91.9 Å². The van der Waals surface area contributed by atoms with Crippen LogP contribution < -0.4 is 4.74 Å². The molecule has 0 aliphatic carbocycles. The van der Waals surface area contributed by atoms with E-state index in [1.54, 1.807) is 48.7 Å². The molecule has 3 aromatic carbocycles. The maximum Gasteiger partial charge on any atom is 0.343 e. The van der Waals surface area contributed by atoms with Crippen LogP contribution in [-0.4, -0.2) is 12.2 Å². The van der Waals surface area contributed by atoms with E-state index >= 15 is 0 Å². The molecular weight excluding hydrogens is 449 g/mol. The molecule has 0 spiro atoms. The number of esters is 1. The Kier molecular flexibility index (Phi) is 6.32. The van der Waals surface area contributed by atoms with Gasteiger partial charge in [0.05, 0.1) is 21.3 Å². The number of ether oxygens (including phenoxy) is 1. The van der Waals surface area contributed by atoms with Gasteiger partial charge in [0.1, 0.15) is 5.75 Å². The molecule has 0 fully saturated rings. The predicted molar refractivity (Wildman–Crippen MR) is 114 cm³/mol. The standard InChI is InChI=1S/C21H14BrCl2NO2/c1-13-2-4-14(5-3-13)21(26)27-20-9-6-16(22)10-15(20)12-25-17-7-8-18(23)19(24)11-17/h2-12H,1H3. The minimum atomic E-state index is -0.429. The largest absolute Gasteiger partial charge is 0.422 e. The number of hydrogen-bond acceptors (Lipinski definition) is 3. The van der Waals surface area contributed by atoms with Gasteiger partial charge < -0.3 is 4.74 Å². The van der Waals surface area contributed by atoms with Crippen molar-refractivity contribution in [1.82, 2.24) is 0 Å². The second kappa shape index (κ2) is 8.70. The molecule has 3 nitrogen and oxygen atoms in total. The molecule has 0 bridgehead atoms. The third-order valence-corrected chi connectivity index (χ3v) is 4.95. The van der Waals surface area contributed by atoms with E-state index < -0.39 is 5.97 Å². The number of benzene rings is 3. The van der Waals surface area contributed by atoms with E-state index in [0.29, 0.717) is 32.6 Å². The minimum absolute atomic E-state index is 0.410. The molecule has 3 rings (SSSR count). The van der Waals surface area contributed by atoms with Crippen molar-refractivity contribution < 1.29 is 9.53 Å². The van der Waals surface area contributed by atoms with Gasteiger partial charge in [-0.05, 0) is 55.5 Å². The van der Waals surface area contributed by atoms with Crippen LogP contribution in [0.1, 0.15) is 21.5 Å². The summed E-state index contributed by atoms with van der Waals surface area (Å²) in [6, 6.07) is 17.6. The number of rotatable bonds is 4. The number of carbonyl (C=O) groups is 1. The Morgan fingerprint density at radius 2 is 1.74 bits per heavy atom. The molecule has 0 aliphatic heterocycles. The zero-order valence-corrected chi connectivity index (χ0v) is 17.3. The molecule has 0 saturated heterocycles. The monoisotopic (exact) mass is 461 g/mol. The molecule has 27 heavy (non-hydrogen) atoms. The first kappa shape index (κ1) is 19.6. The molecule has 3 aromatic rings. The Bertz CT molecular complexity index is 1020. The van der Waals surface area contributed by atoms with Gasteiger partial charge in [-0.3, -0.25) is 4.99 Å². The van der Waals surface area contributed by atoms with Crippen molar-refractivity contribution in [2.24, 2.45) is 4.99 Å². The first-order chi connectivity index (χ1) is 12.9. The van der Waals surface area contributed by atoms with Crippen LogP contribution in [0, 0.1) is 6.92 Å². The SMILES string of the molecule is Cc1ccc(C(=O)Oc2ccc(Br)cc2C=Nc2ccc(Cl)c(Cl)c2)cc1. The summed E-state index contributed by atoms with van der Waals surface area (Å²) in [6.07, 6.45) is 1.61. The van der Waals surface area contributed by atoms with Crippen molar-refractivity contribution >= 4 is 57.0 Å². The molecule has 0 radical (unpaired) electrons. The van der Waals surface area contributed by atoms with E-state index in [1.165, 1.54) is 0 Å². The van der Waals surface area contributed by atoms with Crippen LogP contribution in [0.25, 0.3) is 0 Å². The average Bonchev–Trinajstić information content (AvgIpc) is 2.65. The van der Waals surface area contributed by atoms with Crippen LogP contribution in [0.3, 0.4) is 0 Å². The second-order valence-corrected chi connectivity index (χ2v) is 7.52. The molecule has 0 amide bonds. The smallest absolute Gasteiger partial charge is 0.343 e. The summed E-state index contributed by atoms with van der Waals surface area (Å²) in [7, 11) is 0. The van der Waals surface area contributed by atoms with Crippen molar-refractivity contribution in [2.75, 3.05) is 0 Å². The average molecular weight is 463 g/mol. The Morgan fingerprint density at radius 1 is 1.00 bits per heavy atom. The van der Waals surface area contributed by atoms with Gasteiger partial charge in [-0.1, -0.05) is 56.8 Å². The molecule has 0 saturated carbocycles. The highest BCUT2D eigenvalue weighted by Gasteiger charge is 2.11. The molecule has 6 heteroatoms. The number of hydrogen-bond donors (Lipinski definition) is 0. The molecule has 0 N–H and O–H groups in total. The zero-order chi connectivity index (χ0) is 19.4. The molecular formula is C21H14BrCl2NO2. The lowest BCUT2D eigenvalue weighted by Crippen LogP contribution is -2.09. The summed E-state index contributed by atoms with van der Waals surface area (Å²) in [5.74, 6) is -0.0194. The molecule has 0 unspecified atom stereocenters. The van der Waals surface area contributed by atoms with Crippen LogP contribution in [-0.2, 0) is 0 Å². The topological polar surface area (TPSA) is 38.7 Å². The van der Waals surface area contributed by atoms with Crippen LogP contribution in [0.5, 0.6) is 5.75 Å². The fourth-order valence-electron chi connectivity index (χ4n) is 2.27. The normalized spacial score (nSPS) is 11.0. The van der Waals surface area contributed by atoms with Crippen LogP contribution in [0.4, 0.5) is 5.69 Å². The summed E-state index contributed by atoms with van der Waals surface area (Å²) in [5.41, 5.74) is 2.84. The quantitative estimate of drug-likeness (QED) is 0.237. The van der Waals surface area contributed by atoms with Gasteiger partial charge in [0, 0.05) is 16.3 Å². The molecule has 136 valence electrons. The lowest BCUT2D eigenvalue weighted by atomic mass is 10.1. The summed E-state index contributed by atoms with van der Waals surface area (Å²) in [5, 5.41) is 0.886. The summed E-state index contributed by atoms with van der Waals surface area (Å²) in [4.78, 5) is 16.8. The second-order valence-electron chi connectivity index (χ2n) is 5.79. The minimum Gasteiger partial charge on any atom is -0.422 e. The third kappa shape index (κ3) is 5.19. The third-order valence-electron chi connectivity index (χ3n) is 3.72. The Morgan fingerprint density at radius 3 is 2.44 bits per heavy atom. The van der Waals surface area contributed by atoms with Gasteiger partial charge in [-0.2, -0.15) is 0 Å². The molecule has 0 aliphatic rings. The van der Waals surface area contributed by atoms with Crippen molar-refractivity contribution in [3.8, 4) is 5.75 Å². The van der Waals surface area contributed by atoms with Gasteiger partial charge in [0.2, 0.25) is 0 Å². The fraction of sp³-hybridized carbons (Fsp3) is 0.0476. The van der Waals surface area contributed by atoms with Gasteiger partial charge in [-0.25, -0.2) is 4.79 Å². The van der Waals surface area contributed by atoms with Gasteiger partial charge in [0.25, 0.3) is 0 Å². The van der Waals surface area contributed by atoms with Crippen molar-refractivity contribution in [3.63, 3.8) is 0 Å².